The largest absolute Gasteiger partial charge is 0.444 e. The van der Waals surface area contributed by atoms with E-state index in [4.69, 9.17) is 4.74 Å². The van der Waals surface area contributed by atoms with Crippen LogP contribution in [0.25, 0.3) is 0 Å². The topological polar surface area (TPSA) is 55.4 Å². The third-order valence-corrected chi connectivity index (χ3v) is 2.82. The summed E-state index contributed by atoms with van der Waals surface area (Å²) in [4.78, 5) is 23.1. The molecule has 0 spiro atoms. The maximum atomic E-state index is 13.6. The molecule has 2 aromatic rings. The number of hydrogen-bond donors (Lipinski definition) is 1. The molecule has 0 saturated heterocycles. The summed E-state index contributed by atoms with van der Waals surface area (Å²) in [6, 6.07) is 13.2. The molecule has 5 heteroatoms. The molecular formula is C16H14FNO3. The molecule has 4 nitrogen and oxygen atoms in total. The predicted molar refractivity (Wildman–Crippen MR) is 76.7 cm³/mol. The number of ketones is 1. The van der Waals surface area contributed by atoms with Crippen LogP contribution in [0.15, 0.2) is 48.5 Å². The average Bonchev–Trinajstić information content (AvgIpc) is 2.46. The van der Waals surface area contributed by atoms with Gasteiger partial charge in [0.05, 0.1) is 11.3 Å². The van der Waals surface area contributed by atoms with Gasteiger partial charge in [-0.05, 0) is 24.6 Å². The summed E-state index contributed by atoms with van der Waals surface area (Å²) in [7, 11) is 0. The fraction of sp³-hybridized carbons (Fsp3) is 0.125. The van der Waals surface area contributed by atoms with Gasteiger partial charge in [0.1, 0.15) is 12.4 Å². The van der Waals surface area contributed by atoms with E-state index < -0.39 is 17.7 Å². The van der Waals surface area contributed by atoms with Crippen LogP contribution in [0.1, 0.15) is 22.8 Å². The van der Waals surface area contributed by atoms with Crippen molar-refractivity contribution in [1.29, 1.82) is 0 Å². The fourth-order valence-corrected chi connectivity index (χ4v) is 1.86. The van der Waals surface area contributed by atoms with Crippen molar-refractivity contribution in [3.8, 4) is 0 Å². The lowest BCUT2D eigenvalue weighted by molar-refractivity contribution is 0.101. The van der Waals surface area contributed by atoms with Crippen LogP contribution < -0.4 is 5.32 Å². The van der Waals surface area contributed by atoms with Crippen LogP contribution >= 0.6 is 0 Å². The smallest absolute Gasteiger partial charge is 0.411 e. The van der Waals surface area contributed by atoms with Crippen molar-refractivity contribution in [2.24, 2.45) is 0 Å². The number of rotatable bonds is 4. The zero-order valence-corrected chi connectivity index (χ0v) is 11.4. The van der Waals surface area contributed by atoms with E-state index in [1.165, 1.54) is 19.1 Å². The highest BCUT2D eigenvalue weighted by Gasteiger charge is 2.15. The number of benzene rings is 2. The number of amides is 1. The van der Waals surface area contributed by atoms with Crippen LogP contribution in [0, 0.1) is 5.82 Å². The first-order valence-electron chi connectivity index (χ1n) is 6.35. The summed E-state index contributed by atoms with van der Waals surface area (Å²) in [6.07, 6.45) is -0.744. The third-order valence-electron chi connectivity index (χ3n) is 2.82. The molecule has 0 unspecified atom stereocenters. The molecule has 0 heterocycles. The van der Waals surface area contributed by atoms with Gasteiger partial charge in [-0.2, -0.15) is 0 Å². The molecule has 0 aliphatic heterocycles. The Hall–Kier alpha value is -2.69. The number of ether oxygens (including phenoxy) is 1. The monoisotopic (exact) mass is 287 g/mol. The lowest BCUT2D eigenvalue weighted by Gasteiger charge is -2.10. The highest BCUT2D eigenvalue weighted by molar-refractivity contribution is 6.02. The molecule has 0 saturated carbocycles. The Morgan fingerprint density at radius 3 is 2.48 bits per heavy atom. The first-order valence-corrected chi connectivity index (χ1v) is 6.35. The minimum atomic E-state index is -0.744. The zero-order valence-electron chi connectivity index (χ0n) is 11.4. The average molecular weight is 287 g/mol. The number of anilines is 1. The summed E-state index contributed by atoms with van der Waals surface area (Å²) >= 11 is 0. The lowest BCUT2D eigenvalue weighted by Crippen LogP contribution is -2.16. The van der Waals surface area contributed by atoms with E-state index in [1.807, 2.05) is 30.3 Å². The Morgan fingerprint density at radius 2 is 1.81 bits per heavy atom. The highest BCUT2D eigenvalue weighted by atomic mass is 19.1. The molecule has 108 valence electrons. The number of hydrogen-bond acceptors (Lipinski definition) is 3. The summed E-state index contributed by atoms with van der Waals surface area (Å²) < 4.78 is 18.6. The minimum absolute atomic E-state index is 0.0946. The second kappa shape index (κ2) is 6.65. The molecule has 0 fully saturated rings. The molecule has 21 heavy (non-hydrogen) atoms. The van der Waals surface area contributed by atoms with Crippen molar-refractivity contribution >= 4 is 17.6 Å². The van der Waals surface area contributed by atoms with E-state index >= 15 is 0 Å². The van der Waals surface area contributed by atoms with E-state index in [1.54, 1.807) is 0 Å². The number of nitrogens with one attached hydrogen (secondary N) is 1. The molecule has 2 aromatic carbocycles. The minimum Gasteiger partial charge on any atom is -0.444 e. The molecule has 1 amide bonds. The Labute approximate surface area is 121 Å². The van der Waals surface area contributed by atoms with Gasteiger partial charge in [-0.25, -0.2) is 9.18 Å². The van der Waals surface area contributed by atoms with Gasteiger partial charge in [-0.1, -0.05) is 36.4 Å². The summed E-state index contributed by atoms with van der Waals surface area (Å²) in [6.45, 7) is 1.33. The molecule has 0 radical (unpaired) electrons. The summed E-state index contributed by atoms with van der Waals surface area (Å²) in [5, 5.41) is 2.38. The third kappa shape index (κ3) is 3.89. The molecule has 1 N–H and O–H groups in total. The second-order valence-electron chi connectivity index (χ2n) is 4.41. The predicted octanol–water partition coefficient (Wildman–Crippen LogP) is 3.78. The van der Waals surface area contributed by atoms with Crippen LogP contribution in [-0.2, 0) is 11.3 Å². The lowest BCUT2D eigenvalue weighted by atomic mass is 10.1. The van der Waals surface area contributed by atoms with Gasteiger partial charge in [-0.3, -0.25) is 10.1 Å². The van der Waals surface area contributed by atoms with Crippen LogP contribution in [0.5, 0.6) is 0 Å². The molecule has 0 aliphatic rings. The fourth-order valence-electron chi connectivity index (χ4n) is 1.86. The van der Waals surface area contributed by atoms with Crippen molar-refractivity contribution in [3.63, 3.8) is 0 Å². The van der Waals surface area contributed by atoms with Gasteiger partial charge in [0.2, 0.25) is 0 Å². The quantitative estimate of drug-likeness (QED) is 0.871. The molecule has 0 atom stereocenters. The number of carbonyl (C=O) groups is 2. The van der Waals surface area contributed by atoms with Crippen LogP contribution in [0.4, 0.5) is 14.9 Å². The van der Waals surface area contributed by atoms with Crippen molar-refractivity contribution in [2.75, 3.05) is 5.32 Å². The van der Waals surface area contributed by atoms with E-state index in [0.29, 0.717) is 0 Å². The van der Waals surface area contributed by atoms with Crippen molar-refractivity contribution in [2.45, 2.75) is 13.5 Å². The van der Waals surface area contributed by atoms with Gasteiger partial charge in [0.25, 0.3) is 0 Å². The molecule has 2 rings (SSSR count). The zero-order chi connectivity index (χ0) is 15.2. The van der Waals surface area contributed by atoms with Crippen LogP contribution in [-0.4, -0.2) is 11.9 Å². The molecular weight excluding hydrogens is 273 g/mol. The standard InChI is InChI=1S/C16H14FNO3/c1-11(19)15-13(17)8-5-9-14(15)18-16(20)21-10-12-6-3-2-4-7-12/h2-9H,10H2,1H3,(H,18,20). The van der Waals surface area contributed by atoms with Gasteiger partial charge >= 0.3 is 6.09 Å². The van der Waals surface area contributed by atoms with Gasteiger partial charge in [0, 0.05) is 0 Å². The Morgan fingerprint density at radius 1 is 1.10 bits per heavy atom. The normalized spacial score (nSPS) is 10.0. The van der Waals surface area contributed by atoms with Crippen LogP contribution in [0.2, 0.25) is 0 Å². The summed E-state index contributed by atoms with van der Waals surface area (Å²) in [5.74, 6) is -1.14. The first-order chi connectivity index (χ1) is 10.1. The van der Waals surface area contributed by atoms with Crippen molar-refractivity contribution in [3.05, 3.63) is 65.5 Å². The van der Waals surface area contributed by atoms with Crippen molar-refractivity contribution < 1.29 is 18.7 Å². The Bertz CT molecular complexity index is 656. The maximum absolute atomic E-state index is 13.6. The van der Waals surface area contributed by atoms with E-state index in [0.717, 1.165) is 11.6 Å². The van der Waals surface area contributed by atoms with Crippen LogP contribution in [0.3, 0.4) is 0 Å². The molecule has 0 aromatic heterocycles. The van der Waals surface area contributed by atoms with E-state index in [9.17, 15) is 14.0 Å². The highest BCUT2D eigenvalue weighted by Crippen LogP contribution is 2.19. The van der Waals surface area contributed by atoms with Gasteiger partial charge in [-0.15, -0.1) is 0 Å². The van der Waals surface area contributed by atoms with E-state index in [-0.39, 0.29) is 17.9 Å². The molecule has 0 bridgehead atoms. The molecule has 0 aliphatic carbocycles. The Kier molecular flexibility index (Phi) is 4.66. The Balaban J connectivity index is 2.03. The summed E-state index contributed by atoms with van der Waals surface area (Å²) in [5.41, 5.74) is 0.772. The SMILES string of the molecule is CC(=O)c1c(F)cccc1NC(=O)OCc1ccccc1. The number of carbonyl (C=O) groups excluding carboxylic acids is 2. The van der Waals surface area contributed by atoms with Gasteiger partial charge < -0.3 is 4.74 Å². The first kappa shape index (κ1) is 14.7. The van der Waals surface area contributed by atoms with Gasteiger partial charge in [0.15, 0.2) is 5.78 Å². The van der Waals surface area contributed by atoms with Crippen molar-refractivity contribution in [1.82, 2.24) is 0 Å². The van der Waals surface area contributed by atoms with E-state index in [2.05, 4.69) is 5.32 Å². The number of halogens is 1. The number of Topliss-reactive ketones (excluding diaryl/α,β-unsaturated/α-hetero) is 1. The second-order valence-corrected chi connectivity index (χ2v) is 4.41. The maximum Gasteiger partial charge on any atom is 0.411 e.